The molecule has 0 aliphatic heterocycles. The molecule has 0 saturated heterocycles. The number of anilines is 2. The summed E-state index contributed by atoms with van der Waals surface area (Å²) in [6.07, 6.45) is 0. The van der Waals surface area contributed by atoms with E-state index < -0.39 is 0 Å². The Labute approximate surface area is 208 Å². The van der Waals surface area contributed by atoms with Gasteiger partial charge in [-0.1, -0.05) is 36.4 Å². The Balaban J connectivity index is 0.000000340. The van der Waals surface area contributed by atoms with Crippen LogP contribution in [-0.2, 0) is 0 Å². The third-order valence-corrected chi connectivity index (χ3v) is 3.96. The Morgan fingerprint density at radius 2 is 0.735 bits per heavy atom. The van der Waals surface area contributed by atoms with Gasteiger partial charge < -0.3 is 10.6 Å². The maximum atomic E-state index is 4.75. The van der Waals surface area contributed by atoms with E-state index in [4.69, 9.17) is 9.98 Å². The molecule has 2 rings (SSSR count). The van der Waals surface area contributed by atoms with Gasteiger partial charge in [0.1, 0.15) is 0 Å². The molecule has 0 amide bonds. The Morgan fingerprint density at radius 3 is 1.00 bits per heavy atom. The number of nitrogens with one attached hydrogen (secondary N) is 2. The average Bonchev–Trinajstić information content (AvgIpc) is 2.92. The topological polar surface area (TPSA) is 48.8 Å². The minimum absolute atomic E-state index is 0.0382. The molecule has 34 heavy (non-hydrogen) atoms. The van der Waals surface area contributed by atoms with Gasteiger partial charge in [-0.2, -0.15) is 0 Å². The summed E-state index contributed by atoms with van der Waals surface area (Å²) in [5, 5.41) is 9.02. The van der Waals surface area contributed by atoms with E-state index in [2.05, 4.69) is 118 Å². The van der Waals surface area contributed by atoms with E-state index in [-0.39, 0.29) is 22.2 Å². The monoisotopic (exact) mass is 464 g/mol. The van der Waals surface area contributed by atoms with E-state index in [1.807, 2.05) is 36.4 Å². The summed E-state index contributed by atoms with van der Waals surface area (Å²) in [7, 11) is 0. The highest BCUT2D eigenvalue weighted by molar-refractivity contribution is 5.44. The molecule has 0 aliphatic carbocycles. The van der Waals surface area contributed by atoms with Crippen molar-refractivity contribution >= 4 is 11.4 Å². The summed E-state index contributed by atoms with van der Waals surface area (Å²) < 4.78 is 0. The van der Waals surface area contributed by atoms with Crippen LogP contribution in [-0.4, -0.2) is 22.2 Å². The molecule has 0 aromatic heterocycles. The second-order valence-electron chi connectivity index (χ2n) is 12.7. The highest BCUT2D eigenvalue weighted by Gasteiger charge is 2.13. The fourth-order valence-corrected chi connectivity index (χ4v) is 3.01. The highest BCUT2D eigenvalue weighted by Crippen LogP contribution is 2.12. The summed E-state index contributed by atoms with van der Waals surface area (Å²) >= 11 is 0. The SMILES string of the molecule is CC(C)(C)N=c1cccccc1NC(C)(C)C.CC(C)(C)N=c1cccccc1NC(C)(C)C. The van der Waals surface area contributed by atoms with Gasteiger partial charge in [0.05, 0.1) is 33.2 Å². The van der Waals surface area contributed by atoms with Crippen LogP contribution in [0, 0.1) is 0 Å². The number of hydrogen-bond donors (Lipinski definition) is 2. The lowest BCUT2D eigenvalue weighted by Crippen LogP contribution is -2.30. The molecular weight excluding hydrogens is 416 g/mol. The van der Waals surface area contributed by atoms with Crippen LogP contribution in [0.2, 0.25) is 0 Å². The Morgan fingerprint density at radius 1 is 0.441 bits per heavy atom. The van der Waals surface area contributed by atoms with Crippen molar-refractivity contribution in [1.82, 2.24) is 0 Å². The zero-order valence-corrected chi connectivity index (χ0v) is 23.7. The Kier molecular flexibility index (Phi) is 10.1. The molecule has 2 aromatic rings. The van der Waals surface area contributed by atoms with Crippen LogP contribution in [0.15, 0.2) is 70.6 Å². The van der Waals surface area contributed by atoms with Crippen LogP contribution in [0.4, 0.5) is 11.4 Å². The van der Waals surface area contributed by atoms with Gasteiger partial charge in [0.15, 0.2) is 0 Å². The van der Waals surface area contributed by atoms with Gasteiger partial charge in [0.25, 0.3) is 0 Å². The third kappa shape index (κ3) is 13.8. The predicted molar refractivity (Wildman–Crippen MR) is 150 cm³/mol. The number of nitrogens with zero attached hydrogens (tertiary/aromatic N) is 2. The molecule has 188 valence electrons. The molecule has 4 heteroatoms. The number of hydrogen-bond acceptors (Lipinski definition) is 4. The van der Waals surface area contributed by atoms with Crippen molar-refractivity contribution in [3.8, 4) is 0 Å². The van der Waals surface area contributed by atoms with Crippen LogP contribution in [0.5, 0.6) is 0 Å². The Hall–Kier alpha value is -2.62. The summed E-state index contributed by atoms with van der Waals surface area (Å²) in [6.45, 7) is 25.6. The molecule has 2 N–H and O–H groups in total. The fourth-order valence-electron chi connectivity index (χ4n) is 3.01. The molecule has 0 aliphatic rings. The van der Waals surface area contributed by atoms with Crippen molar-refractivity contribution < 1.29 is 0 Å². The van der Waals surface area contributed by atoms with Crippen LogP contribution >= 0.6 is 0 Å². The lowest BCUT2D eigenvalue weighted by molar-refractivity contribution is 0.565. The van der Waals surface area contributed by atoms with Gasteiger partial charge in [0, 0.05) is 11.1 Å². The largest absolute Gasteiger partial charge is 0.379 e. The first-order chi connectivity index (χ1) is 15.3. The van der Waals surface area contributed by atoms with Gasteiger partial charge in [-0.3, -0.25) is 9.98 Å². The summed E-state index contributed by atoms with van der Waals surface area (Å²) in [6, 6.07) is 20.4. The van der Waals surface area contributed by atoms with Gasteiger partial charge >= 0.3 is 0 Å². The molecule has 0 saturated carbocycles. The van der Waals surface area contributed by atoms with Gasteiger partial charge in [-0.25, -0.2) is 0 Å². The van der Waals surface area contributed by atoms with Crippen LogP contribution in [0.1, 0.15) is 83.1 Å². The molecule has 4 nitrogen and oxygen atoms in total. The fraction of sp³-hybridized carbons (Fsp3) is 0.533. The molecular formula is C30H48N4. The Bertz CT molecular complexity index is 954. The molecule has 0 spiro atoms. The normalized spacial score (nSPS) is 13.6. The van der Waals surface area contributed by atoms with E-state index in [9.17, 15) is 0 Å². The maximum Gasteiger partial charge on any atom is 0.0812 e. The molecule has 0 heterocycles. The quantitative estimate of drug-likeness (QED) is 0.494. The molecule has 2 aromatic carbocycles. The first-order valence-electron chi connectivity index (χ1n) is 12.2. The van der Waals surface area contributed by atoms with E-state index in [0.29, 0.717) is 0 Å². The standard InChI is InChI=1S/2C15H24N2/c2*1-14(2,3)16-12-10-8-7-9-11-13(12)17-15(4,5)6/h2*7-11H,1-6H3,(H,16,17). The molecule has 0 atom stereocenters. The van der Waals surface area contributed by atoms with Crippen LogP contribution in [0.3, 0.4) is 0 Å². The van der Waals surface area contributed by atoms with Crippen molar-refractivity contribution in [2.75, 3.05) is 10.6 Å². The van der Waals surface area contributed by atoms with Gasteiger partial charge in [0.2, 0.25) is 0 Å². The minimum atomic E-state index is -0.0668. The van der Waals surface area contributed by atoms with Crippen molar-refractivity contribution in [2.45, 2.75) is 105 Å². The minimum Gasteiger partial charge on any atom is -0.379 e. The smallest absolute Gasteiger partial charge is 0.0812 e. The number of rotatable bonds is 2. The molecule has 0 radical (unpaired) electrons. The summed E-state index contributed by atoms with van der Waals surface area (Å²) in [4.78, 5) is 9.51. The first kappa shape index (κ1) is 29.4. The van der Waals surface area contributed by atoms with Crippen molar-refractivity contribution in [2.24, 2.45) is 9.98 Å². The molecule has 0 unspecified atom stereocenters. The molecule has 0 bridgehead atoms. The first-order valence-corrected chi connectivity index (χ1v) is 12.2. The van der Waals surface area contributed by atoms with Gasteiger partial charge in [-0.05, 0) is 107 Å². The molecule has 0 fully saturated rings. The van der Waals surface area contributed by atoms with Crippen LogP contribution in [0.25, 0.3) is 0 Å². The second kappa shape index (κ2) is 11.7. The third-order valence-electron chi connectivity index (χ3n) is 3.96. The van der Waals surface area contributed by atoms with Crippen LogP contribution < -0.4 is 21.3 Å². The zero-order valence-electron chi connectivity index (χ0n) is 23.7. The van der Waals surface area contributed by atoms with Crippen molar-refractivity contribution in [3.05, 3.63) is 71.4 Å². The highest BCUT2D eigenvalue weighted by atomic mass is 15.0. The summed E-state index contributed by atoms with van der Waals surface area (Å²) in [5.74, 6) is 0. The van der Waals surface area contributed by atoms with E-state index in [1.54, 1.807) is 0 Å². The lowest BCUT2D eigenvalue weighted by atomic mass is 10.1. The average molecular weight is 465 g/mol. The zero-order chi connectivity index (χ0) is 26.2. The van der Waals surface area contributed by atoms with E-state index >= 15 is 0 Å². The van der Waals surface area contributed by atoms with E-state index in [0.717, 1.165) is 22.1 Å². The predicted octanol–water partition coefficient (Wildman–Crippen LogP) is 7.19. The maximum absolute atomic E-state index is 4.75. The lowest BCUT2D eigenvalue weighted by Gasteiger charge is -2.22. The van der Waals surface area contributed by atoms with Gasteiger partial charge in [-0.15, -0.1) is 0 Å². The second-order valence-corrected chi connectivity index (χ2v) is 12.7. The summed E-state index contributed by atoms with van der Waals surface area (Å²) in [5.41, 5.74) is 2.10. The van der Waals surface area contributed by atoms with Crippen molar-refractivity contribution in [3.63, 3.8) is 0 Å². The van der Waals surface area contributed by atoms with Crippen molar-refractivity contribution in [1.29, 1.82) is 0 Å². The van der Waals surface area contributed by atoms with E-state index in [1.165, 1.54) is 0 Å².